The van der Waals surface area contributed by atoms with Gasteiger partial charge in [-0.05, 0) is 43.6 Å². The highest BCUT2D eigenvalue weighted by atomic mass is 16.3. The molecule has 0 aromatic heterocycles. The Morgan fingerprint density at radius 3 is 2.67 bits per heavy atom. The molecular formula is C14H20O. The quantitative estimate of drug-likeness (QED) is 0.801. The fourth-order valence-electron chi connectivity index (χ4n) is 2.62. The van der Waals surface area contributed by atoms with Crippen LogP contribution < -0.4 is 0 Å². The van der Waals surface area contributed by atoms with Gasteiger partial charge in [-0.1, -0.05) is 37.3 Å². The van der Waals surface area contributed by atoms with E-state index in [0.29, 0.717) is 5.92 Å². The summed E-state index contributed by atoms with van der Waals surface area (Å²) in [6, 6.07) is 10.5. The van der Waals surface area contributed by atoms with E-state index in [9.17, 15) is 5.11 Å². The minimum absolute atomic E-state index is 0.380. The Kier molecular flexibility index (Phi) is 3.11. The van der Waals surface area contributed by atoms with Crippen LogP contribution in [0, 0.1) is 5.92 Å². The van der Waals surface area contributed by atoms with Crippen LogP contribution >= 0.6 is 0 Å². The Hall–Kier alpha value is -0.820. The van der Waals surface area contributed by atoms with Crippen LogP contribution in [-0.4, -0.2) is 10.7 Å². The largest absolute Gasteiger partial charge is 0.390 e. The summed E-state index contributed by atoms with van der Waals surface area (Å²) in [5, 5.41) is 10.3. The zero-order valence-electron chi connectivity index (χ0n) is 9.45. The fourth-order valence-corrected chi connectivity index (χ4v) is 2.62. The van der Waals surface area contributed by atoms with E-state index in [0.717, 1.165) is 25.7 Å². The molecule has 1 aromatic carbocycles. The van der Waals surface area contributed by atoms with Crippen molar-refractivity contribution in [2.45, 2.75) is 44.6 Å². The highest BCUT2D eigenvalue weighted by molar-refractivity contribution is 5.15. The summed E-state index contributed by atoms with van der Waals surface area (Å²) in [6.07, 6.45) is 5.08. The first-order chi connectivity index (χ1) is 7.18. The maximum atomic E-state index is 10.3. The second kappa shape index (κ2) is 4.36. The zero-order valence-corrected chi connectivity index (χ0v) is 9.45. The number of rotatable bonds is 3. The minimum atomic E-state index is -0.380. The molecule has 1 aliphatic carbocycles. The van der Waals surface area contributed by atoms with Crippen molar-refractivity contribution in [2.75, 3.05) is 0 Å². The van der Waals surface area contributed by atoms with Gasteiger partial charge in [0.05, 0.1) is 5.60 Å². The summed E-state index contributed by atoms with van der Waals surface area (Å²) in [5.41, 5.74) is 0.959. The number of benzene rings is 1. The van der Waals surface area contributed by atoms with E-state index in [1.807, 2.05) is 6.07 Å². The molecule has 0 bridgehead atoms. The van der Waals surface area contributed by atoms with Crippen molar-refractivity contribution in [1.82, 2.24) is 0 Å². The van der Waals surface area contributed by atoms with Gasteiger partial charge in [0.25, 0.3) is 0 Å². The molecule has 1 fully saturated rings. The van der Waals surface area contributed by atoms with E-state index in [1.54, 1.807) is 0 Å². The first-order valence-corrected chi connectivity index (χ1v) is 5.94. The summed E-state index contributed by atoms with van der Waals surface area (Å²) < 4.78 is 0. The molecule has 0 radical (unpaired) electrons. The van der Waals surface area contributed by atoms with Crippen LogP contribution in [0.15, 0.2) is 30.3 Å². The van der Waals surface area contributed by atoms with Crippen molar-refractivity contribution in [3.8, 4) is 0 Å². The van der Waals surface area contributed by atoms with Crippen molar-refractivity contribution in [3.63, 3.8) is 0 Å². The third-order valence-corrected chi connectivity index (χ3v) is 3.55. The number of hydrogen-bond acceptors (Lipinski definition) is 1. The van der Waals surface area contributed by atoms with E-state index >= 15 is 0 Å². The Labute approximate surface area is 92.1 Å². The highest BCUT2D eigenvalue weighted by Gasteiger charge is 2.34. The van der Waals surface area contributed by atoms with Gasteiger partial charge in [-0.15, -0.1) is 0 Å². The predicted octanol–water partition coefficient (Wildman–Crippen LogP) is 3.17. The molecule has 0 saturated heterocycles. The lowest BCUT2D eigenvalue weighted by Crippen LogP contribution is -2.25. The fraction of sp³-hybridized carbons (Fsp3) is 0.571. The minimum Gasteiger partial charge on any atom is -0.390 e. The van der Waals surface area contributed by atoms with Crippen LogP contribution in [0.25, 0.3) is 0 Å². The van der Waals surface area contributed by atoms with E-state index in [-0.39, 0.29) is 5.60 Å². The van der Waals surface area contributed by atoms with Crippen LogP contribution in [-0.2, 0) is 6.42 Å². The number of aliphatic hydroxyl groups is 1. The molecule has 1 saturated carbocycles. The summed E-state index contributed by atoms with van der Waals surface area (Å²) in [5.74, 6) is 0.700. The van der Waals surface area contributed by atoms with Crippen molar-refractivity contribution in [2.24, 2.45) is 5.92 Å². The van der Waals surface area contributed by atoms with E-state index < -0.39 is 0 Å². The number of aryl methyl sites for hydroxylation is 1. The Morgan fingerprint density at radius 1 is 1.33 bits per heavy atom. The Bertz CT molecular complexity index is 306. The molecular weight excluding hydrogens is 184 g/mol. The monoisotopic (exact) mass is 204 g/mol. The molecule has 0 heterocycles. The third kappa shape index (κ3) is 2.82. The van der Waals surface area contributed by atoms with E-state index in [2.05, 4.69) is 31.2 Å². The van der Waals surface area contributed by atoms with Gasteiger partial charge in [-0.3, -0.25) is 0 Å². The van der Waals surface area contributed by atoms with Crippen LogP contribution in [0.4, 0.5) is 0 Å². The molecule has 82 valence electrons. The smallest absolute Gasteiger partial charge is 0.0653 e. The van der Waals surface area contributed by atoms with Crippen molar-refractivity contribution in [3.05, 3.63) is 35.9 Å². The Balaban J connectivity index is 1.88. The molecule has 1 N–H and O–H groups in total. The van der Waals surface area contributed by atoms with Crippen LogP contribution in [0.1, 0.15) is 38.2 Å². The standard InChI is InChI=1S/C14H20O/c1-12-7-9-14(15,11-12)10-8-13-5-3-2-4-6-13/h2-6,12,15H,7-11H2,1H3. The predicted molar refractivity (Wildman–Crippen MR) is 62.7 cm³/mol. The van der Waals surface area contributed by atoms with Crippen molar-refractivity contribution in [1.29, 1.82) is 0 Å². The summed E-state index contributed by atoms with van der Waals surface area (Å²) in [6.45, 7) is 2.24. The summed E-state index contributed by atoms with van der Waals surface area (Å²) in [4.78, 5) is 0. The highest BCUT2D eigenvalue weighted by Crippen LogP contribution is 2.37. The van der Waals surface area contributed by atoms with E-state index in [4.69, 9.17) is 0 Å². The van der Waals surface area contributed by atoms with Crippen molar-refractivity contribution >= 4 is 0 Å². The second-order valence-corrected chi connectivity index (χ2v) is 5.06. The van der Waals surface area contributed by atoms with Gasteiger partial charge < -0.3 is 5.11 Å². The number of hydrogen-bond donors (Lipinski definition) is 1. The maximum Gasteiger partial charge on any atom is 0.0653 e. The lowest BCUT2D eigenvalue weighted by Gasteiger charge is -2.22. The molecule has 0 spiro atoms. The van der Waals surface area contributed by atoms with Crippen molar-refractivity contribution < 1.29 is 5.11 Å². The van der Waals surface area contributed by atoms with Gasteiger partial charge in [0.2, 0.25) is 0 Å². The zero-order chi connectivity index (χ0) is 10.7. The van der Waals surface area contributed by atoms with Gasteiger partial charge in [0.1, 0.15) is 0 Å². The molecule has 0 amide bonds. The first-order valence-electron chi connectivity index (χ1n) is 5.94. The SMILES string of the molecule is CC1CCC(O)(CCc2ccccc2)C1. The van der Waals surface area contributed by atoms with Gasteiger partial charge in [0, 0.05) is 0 Å². The molecule has 1 aromatic rings. The third-order valence-electron chi connectivity index (χ3n) is 3.55. The van der Waals surface area contributed by atoms with Crippen LogP contribution in [0.3, 0.4) is 0 Å². The maximum absolute atomic E-state index is 10.3. The molecule has 2 rings (SSSR count). The van der Waals surface area contributed by atoms with E-state index in [1.165, 1.54) is 12.0 Å². The molecule has 2 unspecified atom stereocenters. The van der Waals surface area contributed by atoms with Gasteiger partial charge >= 0.3 is 0 Å². The average Bonchev–Trinajstić information content (AvgIpc) is 2.58. The molecule has 15 heavy (non-hydrogen) atoms. The molecule has 2 atom stereocenters. The lowest BCUT2D eigenvalue weighted by molar-refractivity contribution is 0.0357. The van der Waals surface area contributed by atoms with Crippen LogP contribution in [0.2, 0.25) is 0 Å². The Morgan fingerprint density at radius 2 is 2.07 bits per heavy atom. The van der Waals surface area contributed by atoms with Gasteiger partial charge in [-0.25, -0.2) is 0 Å². The first kappa shape index (κ1) is 10.7. The van der Waals surface area contributed by atoms with Crippen LogP contribution in [0.5, 0.6) is 0 Å². The topological polar surface area (TPSA) is 20.2 Å². The molecule has 0 aliphatic heterocycles. The average molecular weight is 204 g/mol. The lowest BCUT2D eigenvalue weighted by atomic mass is 9.92. The molecule has 1 nitrogen and oxygen atoms in total. The van der Waals surface area contributed by atoms with Gasteiger partial charge in [0.15, 0.2) is 0 Å². The summed E-state index contributed by atoms with van der Waals surface area (Å²) >= 11 is 0. The second-order valence-electron chi connectivity index (χ2n) is 5.06. The summed E-state index contributed by atoms with van der Waals surface area (Å²) in [7, 11) is 0. The molecule has 1 aliphatic rings. The molecule has 1 heteroatoms. The van der Waals surface area contributed by atoms with Gasteiger partial charge in [-0.2, -0.15) is 0 Å². The normalized spacial score (nSPS) is 30.7.